The smallest absolute Gasteiger partial charge is 0.254 e. The minimum Gasteiger partial charge on any atom is -0.495 e. The summed E-state index contributed by atoms with van der Waals surface area (Å²) in [5.74, 6) is 4.84. The third-order valence-corrected chi connectivity index (χ3v) is 8.31. The molecular weight excluding hydrogens is 516 g/mol. The second-order valence-electron chi connectivity index (χ2n) is 8.41. The number of para-hydroxylation sites is 1. The molecule has 0 spiro atoms. The largest absolute Gasteiger partial charge is 0.495 e. The molecule has 0 saturated carbocycles. The van der Waals surface area contributed by atoms with Gasteiger partial charge in [-0.3, -0.25) is 4.79 Å². The van der Waals surface area contributed by atoms with Crippen molar-refractivity contribution >= 4 is 56.2 Å². The number of ether oxygens (including phenoxy) is 2. The fourth-order valence-electron chi connectivity index (χ4n) is 3.68. The van der Waals surface area contributed by atoms with Gasteiger partial charge in [0.1, 0.15) is 10.8 Å². The van der Waals surface area contributed by atoms with E-state index in [1.165, 1.54) is 13.3 Å². The number of hydrogen-bond acceptors (Lipinski definition) is 8. The van der Waals surface area contributed by atoms with E-state index in [0.29, 0.717) is 59.7 Å². The van der Waals surface area contributed by atoms with Gasteiger partial charge in [-0.1, -0.05) is 23.7 Å². The molecule has 12 heteroatoms. The van der Waals surface area contributed by atoms with E-state index in [1.807, 2.05) is 6.07 Å². The molecule has 2 aromatic carbocycles. The Labute approximate surface area is 221 Å². The lowest BCUT2D eigenvalue weighted by atomic mass is 10.1. The summed E-state index contributed by atoms with van der Waals surface area (Å²) in [6.45, 7) is 2.16. The maximum absolute atomic E-state index is 13.2. The fourth-order valence-corrected chi connectivity index (χ4v) is 4.97. The molecule has 37 heavy (non-hydrogen) atoms. The zero-order chi connectivity index (χ0) is 26.6. The molecule has 1 aromatic heterocycles. The number of morpholine rings is 1. The first-order valence-corrected chi connectivity index (χ1v) is 13.5. The molecule has 2 heterocycles. The number of nitrogens with one attached hydrogen (secondary N) is 2. The van der Waals surface area contributed by atoms with Gasteiger partial charge < -0.3 is 25.0 Å². The second-order valence-corrected chi connectivity index (χ2v) is 11.3. The van der Waals surface area contributed by atoms with Crippen molar-refractivity contribution in [2.24, 2.45) is 0 Å². The Morgan fingerprint density at radius 1 is 1.16 bits per heavy atom. The number of nitrogens with zero attached hydrogens (tertiary/aromatic N) is 4. The average molecular weight is 545 g/mol. The normalized spacial score (nSPS) is 15.2. The summed E-state index contributed by atoms with van der Waals surface area (Å²) in [5.41, 5.74) is 1.65. The summed E-state index contributed by atoms with van der Waals surface area (Å²) in [5, 5.41) is 6.55. The van der Waals surface area contributed by atoms with Crippen LogP contribution in [0.2, 0.25) is 5.02 Å². The molecule has 4 rings (SSSR count). The molecule has 0 radical (unpaired) electrons. The molecule has 10 nitrogen and oxygen atoms in total. The maximum atomic E-state index is 13.2. The quantitative estimate of drug-likeness (QED) is 0.414. The van der Waals surface area contributed by atoms with Crippen molar-refractivity contribution in [3.8, 4) is 5.75 Å². The van der Waals surface area contributed by atoms with Crippen molar-refractivity contribution < 1.29 is 18.5 Å². The van der Waals surface area contributed by atoms with Gasteiger partial charge in [-0.05, 0) is 50.3 Å². The Morgan fingerprint density at radius 3 is 2.59 bits per heavy atom. The Hall–Kier alpha value is -3.38. The molecule has 1 amide bonds. The van der Waals surface area contributed by atoms with Crippen LogP contribution in [0, 0.1) is 0 Å². The zero-order valence-corrected chi connectivity index (χ0v) is 22.4. The lowest BCUT2D eigenvalue weighted by Gasteiger charge is -2.27. The van der Waals surface area contributed by atoms with Gasteiger partial charge in [0.2, 0.25) is 5.95 Å². The van der Waals surface area contributed by atoms with E-state index >= 15 is 0 Å². The zero-order valence-electron chi connectivity index (χ0n) is 20.9. The van der Waals surface area contributed by atoms with Crippen molar-refractivity contribution in [3.05, 3.63) is 59.2 Å². The van der Waals surface area contributed by atoms with Crippen molar-refractivity contribution in [1.82, 2.24) is 19.2 Å². The van der Waals surface area contributed by atoms with Gasteiger partial charge >= 0.3 is 0 Å². The molecule has 0 bridgehead atoms. The number of halogens is 1. The van der Waals surface area contributed by atoms with E-state index in [0.717, 1.165) is 0 Å². The average Bonchev–Trinajstić information content (AvgIpc) is 2.91. The van der Waals surface area contributed by atoms with Crippen LogP contribution in [0.15, 0.2) is 53.6 Å². The molecule has 1 fully saturated rings. The number of amides is 1. The topological polar surface area (TPSA) is 109 Å². The second kappa shape index (κ2) is 11.3. The Balaban J connectivity index is 1.58. The molecule has 1 unspecified atom stereocenters. The van der Waals surface area contributed by atoms with Gasteiger partial charge in [0.15, 0.2) is 5.82 Å². The van der Waals surface area contributed by atoms with Crippen LogP contribution in [0.4, 0.5) is 23.1 Å². The number of aromatic nitrogens is 2. The van der Waals surface area contributed by atoms with Crippen LogP contribution in [0.25, 0.3) is 0 Å². The number of carbonyl (C=O) groups excluding carboxylic acids is 1. The first kappa shape index (κ1) is 26.7. The highest BCUT2D eigenvalue weighted by Gasteiger charge is 2.20. The van der Waals surface area contributed by atoms with Crippen LogP contribution in [0.1, 0.15) is 10.4 Å². The monoisotopic (exact) mass is 544 g/mol. The third kappa shape index (κ3) is 5.96. The predicted molar refractivity (Wildman–Crippen MR) is 147 cm³/mol. The van der Waals surface area contributed by atoms with Crippen molar-refractivity contribution in [2.45, 2.75) is 4.90 Å². The van der Waals surface area contributed by atoms with Gasteiger partial charge in [-0.25, -0.2) is 13.5 Å². The molecular formula is C25H29ClN6O4S. The SMILES string of the molecule is C=S(=O)(c1ccccc1Nc1nc(Nc2ccc(C(=O)N3CCOCC3)cc2OC)ncc1Cl)N(C)C. The van der Waals surface area contributed by atoms with Crippen LogP contribution >= 0.6 is 11.6 Å². The highest BCUT2D eigenvalue weighted by atomic mass is 35.5. The first-order chi connectivity index (χ1) is 17.7. The van der Waals surface area contributed by atoms with Crippen molar-refractivity contribution in [1.29, 1.82) is 0 Å². The van der Waals surface area contributed by atoms with E-state index in [1.54, 1.807) is 59.7 Å². The lowest BCUT2D eigenvalue weighted by Crippen LogP contribution is -2.40. The minimum absolute atomic E-state index is 0.0826. The van der Waals surface area contributed by atoms with E-state index < -0.39 is 9.71 Å². The number of benzene rings is 2. The van der Waals surface area contributed by atoms with Gasteiger partial charge in [0.05, 0.1) is 52.5 Å². The number of hydrogen-bond donors (Lipinski definition) is 2. The van der Waals surface area contributed by atoms with Crippen molar-refractivity contribution in [2.75, 3.05) is 58.1 Å². The molecule has 2 N–H and O–H groups in total. The standard InChI is InChI=1S/C25H29ClN6O4S/c1-31(2)37(4,34)22-8-6-5-7-20(22)28-23-18(26)16-27-25(30-23)29-19-10-9-17(15-21(19)35-3)24(33)32-11-13-36-14-12-32/h5-10,15-16H,4,11-14H2,1-3H3,(H2,27,28,29,30). The van der Waals surface area contributed by atoms with Crippen molar-refractivity contribution in [3.63, 3.8) is 0 Å². The number of carbonyl (C=O) groups is 1. The van der Waals surface area contributed by atoms with E-state index in [2.05, 4.69) is 26.5 Å². The third-order valence-electron chi connectivity index (χ3n) is 5.81. The Kier molecular flexibility index (Phi) is 8.18. The lowest BCUT2D eigenvalue weighted by molar-refractivity contribution is 0.0302. The van der Waals surface area contributed by atoms with E-state index in [-0.39, 0.29) is 16.9 Å². The van der Waals surface area contributed by atoms with E-state index in [9.17, 15) is 9.00 Å². The van der Waals surface area contributed by atoms with Gasteiger partial charge in [0, 0.05) is 18.7 Å². The molecule has 1 aliphatic heterocycles. The summed E-state index contributed by atoms with van der Waals surface area (Å²) in [7, 11) is 2.23. The predicted octanol–water partition coefficient (Wildman–Crippen LogP) is 3.65. The molecule has 0 aliphatic carbocycles. The first-order valence-electron chi connectivity index (χ1n) is 11.5. The highest BCUT2D eigenvalue weighted by Crippen LogP contribution is 2.32. The van der Waals surface area contributed by atoms with Crippen LogP contribution in [-0.2, 0) is 14.4 Å². The molecule has 1 saturated heterocycles. The van der Waals surface area contributed by atoms with Gasteiger partial charge in [-0.15, -0.1) is 0 Å². The summed E-state index contributed by atoms with van der Waals surface area (Å²) >= 11 is 6.38. The highest BCUT2D eigenvalue weighted by molar-refractivity contribution is 7.98. The summed E-state index contributed by atoms with van der Waals surface area (Å²) < 4.78 is 25.6. The molecule has 196 valence electrons. The molecule has 3 aromatic rings. The fraction of sp³-hybridized carbons (Fsp3) is 0.280. The number of rotatable bonds is 8. The van der Waals surface area contributed by atoms with E-state index in [4.69, 9.17) is 21.1 Å². The van der Waals surface area contributed by atoms with Crippen LogP contribution < -0.4 is 15.4 Å². The summed E-state index contributed by atoms with van der Waals surface area (Å²) in [6.07, 6.45) is 1.46. The molecule has 1 aliphatic rings. The molecule has 1 atom stereocenters. The number of methoxy groups -OCH3 is 1. The maximum Gasteiger partial charge on any atom is 0.254 e. The van der Waals surface area contributed by atoms with Crippen LogP contribution in [0.3, 0.4) is 0 Å². The summed E-state index contributed by atoms with van der Waals surface area (Å²) in [4.78, 5) is 23.9. The Morgan fingerprint density at radius 2 is 1.89 bits per heavy atom. The minimum atomic E-state index is -2.71. The summed E-state index contributed by atoms with van der Waals surface area (Å²) in [6, 6.07) is 12.3. The Bertz CT molecular complexity index is 1390. The van der Waals surface area contributed by atoms with Gasteiger partial charge in [-0.2, -0.15) is 4.98 Å². The van der Waals surface area contributed by atoms with Gasteiger partial charge in [0.25, 0.3) is 5.91 Å². The van der Waals surface area contributed by atoms with Crippen LogP contribution in [-0.4, -0.2) is 82.7 Å². The van der Waals surface area contributed by atoms with Crippen LogP contribution in [0.5, 0.6) is 5.75 Å². The number of anilines is 4.